The molecule has 10 nitrogen and oxygen atoms in total. The third-order valence-electron chi connectivity index (χ3n) is 5.82. The predicted molar refractivity (Wildman–Crippen MR) is 131 cm³/mol. The lowest BCUT2D eigenvalue weighted by molar-refractivity contribution is -0.137. The van der Waals surface area contributed by atoms with Crippen molar-refractivity contribution in [1.29, 1.82) is 0 Å². The number of rotatable bonds is 5. The second-order valence-corrected chi connectivity index (χ2v) is 8.59. The fraction of sp³-hybridized carbons (Fsp3) is 0.120. The summed E-state index contributed by atoms with van der Waals surface area (Å²) in [6.45, 7) is 0.129. The van der Waals surface area contributed by atoms with Crippen molar-refractivity contribution >= 4 is 28.5 Å². The van der Waals surface area contributed by atoms with E-state index in [1.54, 1.807) is 54.5 Å². The summed E-state index contributed by atoms with van der Waals surface area (Å²) in [4.78, 5) is 21.9. The van der Waals surface area contributed by atoms with E-state index >= 15 is 0 Å². The van der Waals surface area contributed by atoms with Gasteiger partial charge in [0.1, 0.15) is 0 Å². The number of alkyl halides is 3. The molecule has 6 aromatic rings. The van der Waals surface area contributed by atoms with Gasteiger partial charge in [0.25, 0.3) is 5.91 Å². The average Bonchev–Trinajstić information content (AvgIpc) is 3.62. The average molecular weight is 517 g/mol. The molecule has 0 aliphatic heterocycles. The molecule has 1 amide bonds. The van der Waals surface area contributed by atoms with Gasteiger partial charge < -0.3 is 0 Å². The second-order valence-electron chi connectivity index (χ2n) is 8.59. The zero-order valence-corrected chi connectivity index (χ0v) is 19.8. The van der Waals surface area contributed by atoms with E-state index in [1.807, 2.05) is 6.07 Å². The molecule has 0 radical (unpaired) electrons. The molecule has 0 spiro atoms. The molecule has 13 heteroatoms. The monoisotopic (exact) mass is 517 g/mol. The van der Waals surface area contributed by atoms with E-state index in [-0.39, 0.29) is 18.4 Å². The van der Waals surface area contributed by atoms with E-state index in [2.05, 4.69) is 30.6 Å². The van der Waals surface area contributed by atoms with Gasteiger partial charge in [0.15, 0.2) is 17.1 Å². The normalized spacial score (nSPS) is 11.9. The maximum Gasteiger partial charge on any atom is 0.416 e. The number of aryl methyl sites for hydroxylation is 1. The van der Waals surface area contributed by atoms with Crippen molar-refractivity contribution in [3.05, 3.63) is 89.9 Å². The Labute approximate surface area is 212 Å². The largest absolute Gasteiger partial charge is 0.416 e. The third-order valence-corrected chi connectivity index (χ3v) is 5.82. The smallest absolute Gasteiger partial charge is 0.290 e. The quantitative estimate of drug-likeness (QED) is 0.367. The van der Waals surface area contributed by atoms with Crippen LogP contribution in [-0.4, -0.2) is 45.1 Å². The summed E-state index contributed by atoms with van der Waals surface area (Å²) in [5.74, 6) is 0.0597. The molecular formula is C25H18F3N9O. The number of fused-ring (bicyclic) bond motifs is 3. The molecule has 4 aromatic heterocycles. The van der Waals surface area contributed by atoms with E-state index in [9.17, 15) is 18.0 Å². The Balaban J connectivity index is 1.36. The van der Waals surface area contributed by atoms with Crippen LogP contribution in [-0.2, 0) is 19.8 Å². The van der Waals surface area contributed by atoms with Crippen LogP contribution in [0.1, 0.15) is 21.5 Å². The van der Waals surface area contributed by atoms with E-state index in [4.69, 9.17) is 0 Å². The first-order valence-corrected chi connectivity index (χ1v) is 11.4. The summed E-state index contributed by atoms with van der Waals surface area (Å²) in [6.07, 6.45) is 0.491. The van der Waals surface area contributed by atoms with Crippen LogP contribution in [0.3, 0.4) is 0 Å². The SMILES string of the molecule is Cn1cc2c(nc(NC(=O)c3ccccc3)n3nc(-c4cnn(Cc5cccc(C(F)(F)F)c5)c4)nc23)n1. The highest BCUT2D eigenvalue weighted by atomic mass is 19.4. The van der Waals surface area contributed by atoms with Crippen LogP contribution < -0.4 is 5.32 Å². The summed E-state index contributed by atoms with van der Waals surface area (Å²) in [7, 11) is 1.75. The van der Waals surface area contributed by atoms with Crippen LogP contribution >= 0.6 is 0 Å². The topological polar surface area (TPSA) is 108 Å². The molecule has 2 aromatic carbocycles. The number of nitrogens with one attached hydrogen (secondary N) is 1. The lowest BCUT2D eigenvalue weighted by Crippen LogP contribution is -2.16. The Kier molecular flexibility index (Phi) is 5.40. The molecule has 0 bridgehead atoms. The maximum absolute atomic E-state index is 13.1. The Bertz CT molecular complexity index is 1800. The van der Waals surface area contributed by atoms with Gasteiger partial charge in [0, 0.05) is 25.0 Å². The van der Waals surface area contributed by atoms with Gasteiger partial charge in [0.05, 0.1) is 29.3 Å². The maximum atomic E-state index is 13.1. The minimum absolute atomic E-state index is 0.129. The number of nitrogens with zero attached hydrogens (tertiary/aromatic N) is 8. The van der Waals surface area contributed by atoms with Crippen molar-refractivity contribution in [2.24, 2.45) is 7.05 Å². The highest BCUT2D eigenvalue weighted by Crippen LogP contribution is 2.30. The number of benzene rings is 2. The summed E-state index contributed by atoms with van der Waals surface area (Å²) in [5.41, 5.74) is 1.51. The Morgan fingerprint density at radius 1 is 1.00 bits per heavy atom. The minimum atomic E-state index is -4.43. The van der Waals surface area contributed by atoms with Gasteiger partial charge in [-0.05, 0) is 29.8 Å². The molecule has 1 N–H and O–H groups in total. The Morgan fingerprint density at radius 3 is 2.61 bits per heavy atom. The number of aromatic nitrogens is 8. The summed E-state index contributed by atoms with van der Waals surface area (Å²) in [6, 6.07) is 13.8. The predicted octanol–water partition coefficient (Wildman–Crippen LogP) is 4.19. The van der Waals surface area contributed by atoms with Crippen LogP contribution in [0.4, 0.5) is 19.1 Å². The molecule has 0 aliphatic rings. The minimum Gasteiger partial charge on any atom is -0.290 e. The van der Waals surface area contributed by atoms with E-state index < -0.39 is 11.7 Å². The van der Waals surface area contributed by atoms with E-state index in [0.717, 1.165) is 12.1 Å². The van der Waals surface area contributed by atoms with Gasteiger partial charge in [-0.3, -0.25) is 19.5 Å². The van der Waals surface area contributed by atoms with Gasteiger partial charge >= 0.3 is 6.18 Å². The Hall–Kier alpha value is -5.07. The molecule has 4 heterocycles. The molecule has 190 valence electrons. The van der Waals surface area contributed by atoms with E-state index in [0.29, 0.717) is 39.2 Å². The van der Waals surface area contributed by atoms with Gasteiger partial charge in [-0.25, -0.2) is 4.98 Å². The highest BCUT2D eigenvalue weighted by Gasteiger charge is 2.30. The Morgan fingerprint density at radius 2 is 1.82 bits per heavy atom. The van der Waals surface area contributed by atoms with Crippen molar-refractivity contribution in [2.75, 3.05) is 5.32 Å². The molecule has 0 saturated carbocycles. The number of carbonyl (C=O) groups is 1. The van der Waals surface area contributed by atoms with E-state index in [1.165, 1.54) is 21.5 Å². The number of amides is 1. The molecule has 0 atom stereocenters. The van der Waals surface area contributed by atoms with Gasteiger partial charge in [-0.2, -0.15) is 32.9 Å². The standard InChI is InChI=1S/C25H18F3N9O/c1-35-14-19-21(33-35)31-24(32-23(38)16-7-3-2-4-8-16)37-22(19)30-20(34-37)17-11-29-36(13-17)12-15-6-5-9-18(10-15)25(26,27)28/h2-11,13-14H,12H2,1H3,(H,31,32,33,38). The molecule has 0 unspecified atom stereocenters. The molecule has 0 saturated heterocycles. The lowest BCUT2D eigenvalue weighted by Gasteiger charge is -2.08. The molecule has 6 rings (SSSR count). The van der Waals surface area contributed by atoms with Crippen molar-refractivity contribution in [2.45, 2.75) is 12.7 Å². The van der Waals surface area contributed by atoms with Crippen molar-refractivity contribution in [3.8, 4) is 11.4 Å². The van der Waals surface area contributed by atoms with Crippen LogP contribution in [0.25, 0.3) is 28.1 Å². The van der Waals surface area contributed by atoms with Crippen LogP contribution in [0.2, 0.25) is 0 Å². The van der Waals surface area contributed by atoms with Crippen molar-refractivity contribution in [3.63, 3.8) is 0 Å². The lowest BCUT2D eigenvalue weighted by atomic mass is 10.1. The highest BCUT2D eigenvalue weighted by molar-refractivity contribution is 6.04. The van der Waals surface area contributed by atoms with Gasteiger partial charge in [-0.15, -0.1) is 5.10 Å². The fourth-order valence-electron chi connectivity index (χ4n) is 4.06. The molecular weight excluding hydrogens is 499 g/mol. The van der Waals surface area contributed by atoms with Crippen LogP contribution in [0.15, 0.2) is 73.2 Å². The molecule has 0 aliphatic carbocycles. The number of carbonyl (C=O) groups excluding carboxylic acids is 1. The van der Waals surface area contributed by atoms with Crippen LogP contribution in [0.5, 0.6) is 0 Å². The summed E-state index contributed by atoms with van der Waals surface area (Å²) < 4.78 is 43.7. The third kappa shape index (κ3) is 4.34. The van der Waals surface area contributed by atoms with Crippen LogP contribution in [0, 0.1) is 0 Å². The van der Waals surface area contributed by atoms with Gasteiger partial charge in [0.2, 0.25) is 5.95 Å². The summed E-state index contributed by atoms with van der Waals surface area (Å²) in [5, 5.41) is 16.6. The number of hydrogen-bond acceptors (Lipinski definition) is 6. The zero-order chi connectivity index (χ0) is 26.4. The number of halogens is 3. The van der Waals surface area contributed by atoms with Crippen molar-refractivity contribution in [1.82, 2.24) is 39.1 Å². The first-order valence-electron chi connectivity index (χ1n) is 11.4. The van der Waals surface area contributed by atoms with Crippen molar-refractivity contribution < 1.29 is 18.0 Å². The molecule has 0 fully saturated rings. The molecule has 38 heavy (non-hydrogen) atoms. The second kappa shape index (κ2) is 8.80. The number of anilines is 1. The zero-order valence-electron chi connectivity index (χ0n) is 19.8. The first kappa shape index (κ1) is 23.3. The fourth-order valence-corrected chi connectivity index (χ4v) is 4.06. The first-order chi connectivity index (χ1) is 18.2. The number of hydrogen-bond donors (Lipinski definition) is 1. The summed E-state index contributed by atoms with van der Waals surface area (Å²) >= 11 is 0. The van der Waals surface area contributed by atoms with Gasteiger partial charge in [-0.1, -0.05) is 30.3 Å².